The van der Waals surface area contributed by atoms with Crippen molar-refractivity contribution in [3.8, 4) is 29.1 Å². The third-order valence-corrected chi connectivity index (χ3v) is 5.72. The molecule has 3 aromatic rings. The number of hydrogen-bond donors (Lipinski definition) is 2. The minimum absolute atomic E-state index is 0.00111. The van der Waals surface area contributed by atoms with E-state index in [0.717, 1.165) is 16.8 Å². The van der Waals surface area contributed by atoms with E-state index in [1.165, 1.54) is 12.1 Å². The molecule has 174 valence electrons. The molecule has 9 heteroatoms. The van der Waals surface area contributed by atoms with Crippen molar-refractivity contribution in [1.29, 1.82) is 5.26 Å². The van der Waals surface area contributed by atoms with Gasteiger partial charge in [0, 0.05) is 0 Å². The Labute approximate surface area is 196 Å². The first kappa shape index (κ1) is 22.7. The van der Waals surface area contributed by atoms with Gasteiger partial charge in [0.2, 0.25) is 11.8 Å². The summed E-state index contributed by atoms with van der Waals surface area (Å²) in [6, 6.07) is 13.9. The molecule has 1 aliphatic heterocycles. The normalized spacial score (nSPS) is 14.9. The zero-order chi connectivity index (χ0) is 24.6. The van der Waals surface area contributed by atoms with Gasteiger partial charge in [0.15, 0.2) is 11.5 Å². The molecule has 9 nitrogen and oxygen atoms in total. The van der Waals surface area contributed by atoms with E-state index in [1.54, 1.807) is 37.1 Å². The number of nitriles is 1. The highest BCUT2D eigenvalue weighted by Gasteiger charge is 2.38. The van der Waals surface area contributed by atoms with Crippen molar-refractivity contribution in [1.82, 2.24) is 9.78 Å². The van der Waals surface area contributed by atoms with E-state index in [1.807, 2.05) is 26.0 Å². The molecule has 4 rings (SSSR count). The molecule has 0 fully saturated rings. The number of benzene rings is 2. The number of ether oxygens (including phenoxy) is 3. The Kier molecular flexibility index (Phi) is 5.90. The van der Waals surface area contributed by atoms with E-state index < -0.39 is 11.9 Å². The number of fused-ring (bicyclic) bond motifs is 1. The van der Waals surface area contributed by atoms with Crippen LogP contribution in [0.25, 0.3) is 5.69 Å². The number of aromatic carboxylic acids is 1. The lowest BCUT2D eigenvalue weighted by Gasteiger charge is -2.26. The first-order valence-corrected chi connectivity index (χ1v) is 10.6. The predicted octanol–water partition coefficient (Wildman–Crippen LogP) is 3.93. The fourth-order valence-electron chi connectivity index (χ4n) is 4.08. The molecule has 1 atom stereocenters. The number of hydrogen-bond acceptors (Lipinski definition) is 7. The van der Waals surface area contributed by atoms with Crippen molar-refractivity contribution in [2.24, 2.45) is 5.73 Å². The van der Waals surface area contributed by atoms with Gasteiger partial charge in [-0.3, -0.25) is 0 Å². The number of carbonyl (C=O) groups is 1. The van der Waals surface area contributed by atoms with E-state index in [9.17, 15) is 15.2 Å². The Bertz CT molecular complexity index is 1330. The molecule has 0 radical (unpaired) electrons. The molecule has 1 unspecified atom stereocenters. The zero-order valence-electron chi connectivity index (χ0n) is 19.2. The Morgan fingerprint density at radius 3 is 2.41 bits per heavy atom. The Hall–Kier alpha value is -4.45. The molecule has 0 saturated heterocycles. The SMILES string of the molecule is COc1ccc(C2C(C#N)=C(N)Oc3c2c(C(C)C)nn3-c2ccc(C(=O)O)cc2)cc1OC. The molecule has 1 aliphatic rings. The summed E-state index contributed by atoms with van der Waals surface area (Å²) in [6.07, 6.45) is 0. The third-order valence-electron chi connectivity index (χ3n) is 5.72. The molecular formula is C25H24N4O5. The van der Waals surface area contributed by atoms with Crippen molar-refractivity contribution >= 4 is 5.97 Å². The van der Waals surface area contributed by atoms with E-state index in [4.69, 9.17) is 25.0 Å². The Morgan fingerprint density at radius 2 is 1.85 bits per heavy atom. The van der Waals surface area contributed by atoms with Gasteiger partial charge >= 0.3 is 5.97 Å². The number of allylic oxidation sites excluding steroid dienone is 1. The predicted molar refractivity (Wildman–Crippen MR) is 123 cm³/mol. The number of methoxy groups -OCH3 is 2. The van der Waals surface area contributed by atoms with Gasteiger partial charge in [-0.05, 0) is 47.9 Å². The van der Waals surface area contributed by atoms with E-state index in [-0.39, 0.29) is 22.9 Å². The number of carboxylic acid groups (broad SMARTS) is 1. The van der Waals surface area contributed by atoms with Crippen LogP contribution >= 0.6 is 0 Å². The molecule has 2 aromatic carbocycles. The summed E-state index contributed by atoms with van der Waals surface area (Å²) in [7, 11) is 3.10. The minimum atomic E-state index is -1.02. The van der Waals surface area contributed by atoms with E-state index in [0.29, 0.717) is 23.1 Å². The van der Waals surface area contributed by atoms with Crippen molar-refractivity contribution in [3.63, 3.8) is 0 Å². The number of aromatic nitrogens is 2. The average molecular weight is 460 g/mol. The van der Waals surface area contributed by atoms with Crippen molar-refractivity contribution in [3.05, 3.63) is 76.3 Å². The zero-order valence-corrected chi connectivity index (χ0v) is 19.2. The number of nitrogens with two attached hydrogens (primary N) is 1. The maximum Gasteiger partial charge on any atom is 0.335 e. The van der Waals surface area contributed by atoms with Crippen LogP contribution in [0.2, 0.25) is 0 Å². The minimum Gasteiger partial charge on any atom is -0.493 e. The summed E-state index contributed by atoms with van der Waals surface area (Å²) in [4.78, 5) is 11.3. The highest BCUT2D eigenvalue weighted by atomic mass is 16.5. The van der Waals surface area contributed by atoms with Gasteiger partial charge in [-0.2, -0.15) is 10.4 Å². The summed E-state index contributed by atoms with van der Waals surface area (Å²) in [5, 5.41) is 24.0. The number of carboxylic acids is 1. The van der Waals surface area contributed by atoms with Crippen molar-refractivity contribution < 1.29 is 24.1 Å². The summed E-state index contributed by atoms with van der Waals surface area (Å²) < 4.78 is 18.4. The number of rotatable bonds is 6. The molecule has 0 spiro atoms. The molecule has 1 aromatic heterocycles. The molecule has 3 N–H and O–H groups in total. The topological polar surface area (TPSA) is 133 Å². The lowest BCUT2D eigenvalue weighted by atomic mass is 9.82. The lowest BCUT2D eigenvalue weighted by Crippen LogP contribution is -2.22. The van der Waals surface area contributed by atoms with E-state index >= 15 is 0 Å². The van der Waals surface area contributed by atoms with Crippen LogP contribution < -0.4 is 19.9 Å². The maximum absolute atomic E-state index is 11.3. The maximum atomic E-state index is 11.3. The lowest BCUT2D eigenvalue weighted by molar-refractivity contribution is 0.0697. The van der Waals surface area contributed by atoms with Crippen LogP contribution in [0.3, 0.4) is 0 Å². The summed E-state index contributed by atoms with van der Waals surface area (Å²) in [5.74, 6) is -0.125. The molecular weight excluding hydrogens is 436 g/mol. The fourth-order valence-corrected chi connectivity index (χ4v) is 4.08. The Morgan fingerprint density at radius 1 is 1.18 bits per heavy atom. The molecule has 2 heterocycles. The summed E-state index contributed by atoms with van der Waals surface area (Å²) in [5.41, 5.74) is 9.46. The Balaban J connectivity index is 1.96. The van der Waals surface area contributed by atoms with Gasteiger partial charge < -0.3 is 25.1 Å². The van der Waals surface area contributed by atoms with Gasteiger partial charge in [-0.15, -0.1) is 0 Å². The van der Waals surface area contributed by atoms with Crippen LogP contribution in [0.1, 0.15) is 52.9 Å². The van der Waals surface area contributed by atoms with Gasteiger partial charge in [-0.1, -0.05) is 19.9 Å². The summed E-state index contributed by atoms with van der Waals surface area (Å²) >= 11 is 0. The monoisotopic (exact) mass is 460 g/mol. The van der Waals surface area contributed by atoms with E-state index in [2.05, 4.69) is 6.07 Å². The van der Waals surface area contributed by atoms with Gasteiger partial charge in [0.25, 0.3) is 0 Å². The fraction of sp³-hybridized carbons (Fsp3) is 0.240. The molecule has 0 bridgehead atoms. The largest absolute Gasteiger partial charge is 0.493 e. The van der Waals surface area contributed by atoms with Gasteiger partial charge in [-0.25, -0.2) is 9.48 Å². The average Bonchev–Trinajstić information content (AvgIpc) is 3.21. The number of nitrogens with zero attached hydrogens (tertiary/aromatic N) is 3. The second kappa shape index (κ2) is 8.83. The van der Waals surface area contributed by atoms with Crippen LogP contribution in [0.15, 0.2) is 53.9 Å². The molecule has 0 saturated carbocycles. The highest BCUT2D eigenvalue weighted by Crippen LogP contribution is 2.47. The van der Waals surface area contributed by atoms with Crippen molar-refractivity contribution in [2.75, 3.05) is 14.2 Å². The van der Waals surface area contributed by atoms with Crippen molar-refractivity contribution in [2.45, 2.75) is 25.7 Å². The van der Waals surface area contributed by atoms with Gasteiger partial charge in [0.1, 0.15) is 11.6 Å². The summed E-state index contributed by atoms with van der Waals surface area (Å²) in [6.45, 7) is 4.00. The first-order valence-electron chi connectivity index (χ1n) is 10.6. The second-order valence-electron chi connectivity index (χ2n) is 8.06. The molecule has 34 heavy (non-hydrogen) atoms. The second-order valence-corrected chi connectivity index (χ2v) is 8.06. The quantitative estimate of drug-likeness (QED) is 0.565. The first-order chi connectivity index (χ1) is 16.3. The molecule has 0 aliphatic carbocycles. The molecule has 0 amide bonds. The third kappa shape index (κ3) is 3.69. The van der Waals surface area contributed by atoms with Gasteiger partial charge in [0.05, 0.1) is 42.6 Å². The highest BCUT2D eigenvalue weighted by molar-refractivity contribution is 5.87. The smallest absolute Gasteiger partial charge is 0.335 e. The van der Waals surface area contributed by atoms with Crippen LogP contribution in [0.5, 0.6) is 17.4 Å². The van der Waals surface area contributed by atoms with Crippen LogP contribution in [0.4, 0.5) is 0 Å². The van der Waals surface area contributed by atoms with Crippen LogP contribution in [-0.4, -0.2) is 35.1 Å². The van der Waals surface area contributed by atoms with Crippen LogP contribution in [-0.2, 0) is 0 Å². The standard InChI is InChI=1S/C25H24N4O5/c1-13(2)22-21-20(15-7-10-18(32-3)19(11-15)33-4)17(12-26)23(27)34-24(21)29(28-22)16-8-5-14(6-9-16)25(30)31/h5-11,13,20H,27H2,1-4H3,(H,30,31). The van der Waals surface area contributed by atoms with Crippen LogP contribution in [0, 0.1) is 11.3 Å².